The maximum Gasteiger partial charge on any atom is 0.341 e. The lowest BCUT2D eigenvalue weighted by molar-refractivity contribution is -0.150. The van der Waals surface area contributed by atoms with Crippen molar-refractivity contribution >= 4 is 5.97 Å². The van der Waals surface area contributed by atoms with Gasteiger partial charge in [-0.3, -0.25) is 5.32 Å². The van der Waals surface area contributed by atoms with E-state index < -0.39 is 11.6 Å². The fourth-order valence-corrected chi connectivity index (χ4v) is 0.954. The number of esters is 1. The van der Waals surface area contributed by atoms with E-state index in [-0.39, 0.29) is 6.61 Å². The Morgan fingerprint density at radius 2 is 2.13 bits per heavy atom. The molecule has 0 amide bonds. The molecule has 1 aromatic rings. The summed E-state index contributed by atoms with van der Waals surface area (Å²) in [5.74, 6) is -0.575. The van der Waals surface area contributed by atoms with Crippen LogP contribution in [-0.2, 0) is 16.1 Å². The minimum absolute atomic E-state index is 0.204. The highest BCUT2D eigenvalue weighted by molar-refractivity contribution is 5.80. The molecule has 0 aliphatic heterocycles. The summed E-state index contributed by atoms with van der Waals surface area (Å²) in [6.45, 7) is 3.70. The van der Waals surface area contributed by atoms with Gasteiger partial charge in [-0.1, -0.05) is 30.3 Å². The van der Waals surface area contributed by atoms with Crippen LogP contribution in [0.5, 0.6) is 0 Å². The lowest BCUT2D eigenvalue weighted by Gasteiger charge is -2.21. The third kappa shape index (κ3) is 3.34. The highest BCUT2D eigenvalue weighted by atomic mass is 16.5. The van der Waals surface area contributed by atoms with Crippen molar-refractivity contribution in [1.82, 2.24) is 5.32 Å². The van der Waals surface area contributed by atoms with Crippen molar-refractivity contribution in [3.63, 3.8) is 0 Å². The fraction of sp³-hybridized carbons (Fsp3) is 0.273. The number of ether oxygens (including phenoxy) is 1. The number of carbonyl (C=O) groups is 1. The highest BCUT2D eigenvalue weighted by Gasteiger charge is 2.27. The third-order valence-electron chi connectivity index (χ3n) is 2.02. The van der Waals surface area contributed by atoms with Gasteiger partial charge in [0.25, 0.3) is 0 Å². The van der Waals surface area contributed by atoms with Gasteiger partial charge in [0, 0.05) is 0 Å². The second kappa shape index (κ2) is 4.91. The Balaban J connectivity index is 2.48. The smallest absolute Gasteiger partial charge is 0.341 e. The molecule has 0 fully saturated rings. The second-order valence-electron chi connectivity index (χ2n) is 3.28. The lowest BCUT2D eigenvalue weighted by Crippen LogP contribution is -2.56. The molecule has 0 aliphatic rings. The standard InChI is InChI=1S/C11H15N2O2/c1-11(12,13-2)10(14)15-8-9-6-4-3-5-7-9/h3-7,13H,1,8,12H2,2H3. The fourth-order valence-electron chi connectivity index (χ4n) is 0.954. The Hall–Kier alpha value is -1.39. The number of rotatable bonds is 4. The number of nitrogens with two attached hydrogens (primary N) is 1. The molecule has 1 rings (SSSR count). The van der Waals surface area contributed by atoms with E-state index in [0.717, 1.165) is 5.56 Å². The number of likely N-dealkylation sites (N-methyl/N-ethyl adjacent to an activating group) is 1. The summed E-state index contributed by atoms with van der Waals surface area (Å²) >= 11 is 0. The van der Waals surface area contributed by atoms with Gasteiger partial charge in [0.05, 0.1) is 0 Å². The van der Waals surface area contributed by atoms with Gasteiger partial charge < -0.3 is 10.5 Å². The van der Waals surface area contributed by atoms with E-state index in [1.165, 1.54) is 0 Å². The topological polar surface area (TPSA) is 64.3 Å². The Kier molecular flexibility index (Phi) is 3.82. The SMILES string of the molecule is [CH2]C(N)(NC)C(=O)OCc1ccccc1. The van der Waals surface area contributed by atoms with E-state index in [0.29, 0.717) is 0 Å². The minimum Gasteiger partial charge on any atom is -0.458 e. The third-order valence-corrected chi connectivity index (χ3v) is 2.02. The summed E-state index contributed by atoms with van der Waals surface area (Å²) in [6, 6.07) is 9.39. The molecule has 1 unspecified atom stereocenters. The monoisotopic (exact) mass is 207 g/mol. The first kappa shape index (κ1) is 11.7. The van der Waals surface area contributed by atoms with Crippen LogP contribution >= 0.6 is 0 Å². The van der Waals surface area contributed by atoms with Crippen LogP contribution in [0.2, 0.25) is 0 Å². The first-order chi connectivity index (χ1) is 7.06. The molecule has 1 atom stereocenters. The second-order valence-corrected chi connectivity index (χ2v) is 3.28. The van der Waals surface area contributed by atoms with Crippen LogP contribution in [0.3, 0.4) is 0 Å². The molecule has 0 heterocycles. The van der Waals surface area contributed by atoms with Gasteiger partial charge in [-0.15, -0.1) is 0 Å². The van der Waals surface area contributed by atoms with Crippen molar-refractivity contribution < 1.29 is 9.53 Å². The first-order valence-electron chi connectivity index (χ1n) is 4.60. The van der Waals surface area contributed by atoms with Gasteiger partial charge in [0.2, 0.25) is 0 Å². The predicted molar refractivity (Wildman–Crippen MR) is 57.6 cm³/mol. The Bertz CT molecular complexity index is 323. The molecule has 3 N–H and O–H groups in total. The average Bonchev–Trinajstić information content (AvgIpc) is 2.27. The largest absolute Gasteiger partial charge is 0.458 e. The van der Waals surface area contributed by atoms with E-state index in [4.69, 9.17) is 10.5 Å². The zero-order valence-electron chi connectivity index (χ0n) is 8.69. The molecule has 4 heteroatoms. The van der Waals surface area contributed by atoms with E-state index >= 15 is 0 Å². The Morgan fingerprint density at radius 1 is 1.53 bits per heavy atom. The van der Waals surface area contributed by atoms with Crippen molar-refractivity contribution in [2.24, 2.45) is 5.73 Å². The van der Waals surface area contributed by atoms with E-state index in [9.17, 15) is 4.79 Å². The van der Waals surface area contributed by atoms with Gasteiger partial charge in [0.1, 0.15) is 6.61 Å². The van der Waals surface area contributed by atoms with Crippen LogP contribution in [0.4, 0.5) is 0 Å². The molecule has 0 aliphatic carbocycles. The van der Waals surface area contributed by atoms with Crippen LogP contribution in [-0.4, -0.2) is 18.7 Å². The van der Waals surface area contributed by atoms with Crippen molar-refractivity contribution in [2.45, 2.75) is 12.3 Å². The van der Waals surface area contributed by atoms with Gasteiger partial charge >= 0.3 is 5.97 Å². The van der Waals surface area contributed by atoms with Crippen molar-refractivity contribution in [3.8, 4) is 0 Å². The molecule has 0 spiro atoms. The van der Waals surface area contributed by atoms with Crippen LogP contribution in [0.15, 0.2) is 30.3 Å². The molecule has 0 saturated carbocycles. The quantitative estimate of drug-likeness (QED) is 0.555. The number of carbonyl (C=O) groups excluding carboxylic acids is 1. The van der Waals surface area contributed by atoms with E-state index in [2.05, 4.69) is 12.2 Å². The molecule has 4 nitrogen and oxygen atoms in total. The normalized spacial score (nSPS) is 14.3. The zero-order valence-corrected chi connectivity index (χ0v) is 8.69. The molecular weight excluding hydrogens is 192 g/mol. The molecule has 1 radical (unpaired) electrons. The van der Waals surface area contributed by atoms with Crippen molar-refractivity contribution in [2.75, 3.05) is 7.05 Å². The van der Waals surface area contributed by atoms with Crippen molar-refractivity contribution in [1.29, 1.82) is 0 Å². The number of hydrogen-bond acceptors (Lipinski definition) is 4. The molecular formula is C11H15N2O2. The summed E-state index contributed by atoms with van der Waals surface area (Å²) < 4.78 is 4.99. The molecule has 0 aromatic heterocycles. The minimum atomic E-state index is -1.38. The summed E-state index contributed by atoms with van der Waals surface area (Å²) in [5.41, 5.74) is 5.06. The molecule has 0 saturated heterocycles. The van der Waals surface area contributed by atoms with Crippen LogP contribution in [0.25, 0.3) is 0 Å². The number of benzene rings is 1. The lowest BCUT2D eigenvalue weighted by atomic mass is 10.2. The summed E-state index contributed by atoms with van der Waals surface area (Å²) in [5, 5.41) is 2.57. The Morgan fingerprint density at radius 3 is 2.67 bits per heavy atom. The maximum atomic E-state index is 11.4. The van der Waals surface area contributed by atoms with Crippen molar-refractivity contribution in [3.05, 3.63) is 42.8 Å². The zero-order chi connectivity index (χ0) is 11.3. The number of nitrogens with one attached hydrogen (secondary N) is 1. The van der Waals surface area contributed by atoms with Gasteiger partial charge in [0.15, 0.2) is 5.66 Å². The average molecular weight is 207 g/mol. The first-order valence-corrected chi connectivity index (χ1v) is 4.60. The maximum absolute atomic E-state index is 11.4. The van der Waals surface area contributed by atoms with Gasteiger partial charge in [-0.2, -0.15) is 0 Å². The van der Waals surface area contributed by atoms with Gasteiger partial charge in [-0.25, -0.2) is 4.79 Å². The predicted octanol–water partition coefficient (Wildman–Crippen LogP) is 0.438. The highest BCUT2D eigenvalue weighted by Crippen LogP contribution is 2.03. The summed E-state index contributed by atoms with van der Waals surface area (Å²) in [4.78, 5) is 11.4. The van der Waals surface area contributed by atoms with Crippen LogP contribution in [0.1, 0.15) is 5.56 Å². The molecule has 81 valence electrons. The summed E-state index contributed by atoms with van der Waals surface area (Å²) in [6.07, 6.45) is 0. The van der Waals surface area contributed by atoms with Crippen LogP contribution < -0.4 is 11.1 Å². The number of hydrogen-bond donors (Lipinski definition) is 2. The van der Waals surface area contributed by atoms with Gasteiger partial charge in [-0.05, 0) is 19.5 Å². The molecule has 15 heavy (non-hydrogen) atoms. The van der Waals surface area contributed by atoms with E-state index in [1.807, 2.05) is 30.3 Å². The Labute approximate surface area is 89.4 Å². The molecule has 1 aromatic carbocycles. The van der Waals surface area contributed by atoms with E-state index in [1.54, 1.807) is 7.05 Å². The summed E-state index contributed by atoms with van der Waals surface area (Å²) in [7, 11) is 1.55. The van der Waals surface area contributed by atoms with Crippen LogP contribution in [0, 0.1) is 6.92 Å². The molecule has 0 bridgehead atoms.